The number of hydrogen-bond acceptors (Lipinski definition) is 2. The zero-order chi connectivity index (χ0) is 11.8. The van der Waals surface area contributed by atoms with Crippen LogP contribution >= 0.6 is 0 Å². The molecule has 16 heavy (non-hydrogen) atoms. The highest BCUT2D eigenvalue weighted by Gasteiger charge is 2.18. The smallest absolute Gasteiger partial charge is 0.0194 e. The van der Waals surface area contributed by atoms with Crippen molar-refractivity contribution in [3.63, 3.8) is 0 Å². The molecule has 1 rings (SSSR count). The van der Waals surface area contributed by atoms with Crippen molar-refractivity contribution in [2.45, 2.75) is 58.9 Å². The van der Waals surface area contributed by atoms with E-state index in [0.717, 1.165) is 12.0 Å². The Bertz CT molecular complexity index is 170. The first kappa shape index (κ1) is 14.0. The molecule has 0 saturated carbocycles. The topological polar surface area (TPSA) is 15.3 Å². The second-order valence-corrected chi connectivity index (χ2v) is 5.45. The van der Waals surface area contributed by atoms with Gasteiger partial charge >= 0.3 is 0 Å². The quantitative estimate of drug-likeness (QED) is 0.718. The molecule has 2 atom stereocenters. The molecule has 0 aromatic heterocycles. The molecule has 0 aromatic carbocycles. The van der Waals surface area contributed by atoms with Gasteiger partial charge in [-0.1, -0.05) is 27.2 Å². The zero-order valence-electron chi connectivity index (χ0n) is 11.5. The van der Waals surface area contributed by atoms with Gasteiger partial charge in [-0.25, -0.2) is 0 Å². The molecule has 0 bridgehead atoms. The molecule has 0 aliphatic carbocycles. The number of likely N-dealkylation sites (tertiary alicyclic amines) is 1. The lowest BCUT2D eigenvalue weighted by Gasteiger charge is -2.34. The van der Waals surface area contributed by atoms with Gasteiger partial charge < -0.3 is 10.2 Å². The summed E-state index contributed by atoms with van der Waals surface area (Å²) < 4.78 is 0. The Hall–Kier alpha value is -0.0800. The standard InChI is InChI=1S/C14H30N2/c1-4-7-14(15-9-5-2)12-16-10-6-8-13(3)11-16/h13-15H,4-12H2,1-3H3. The summed E-state index contributed by atoms with van der Waals surface area (Å²) in [7, 11) is 0. The Kier molecular flexibility index (Phi) is 7.06. The van der Waals surface area contributed by atoms with Crippen molar-refractivity contribution in [2.24, 2.45) is 5.92 Å². The molecule has 96 valence electrons. The normalized spacial score (nSPS) is 24.6. The third-order valence-corrected chi connectivity index (χ3v) is 3.54. The Morgan fingerprint density at radius 2 is 2.12 bits per heavy atom. The van der Waals surface area contributed by atoms with Gasteiger partial charge in [-0.05, 0) is 44.7 Å². The van der Waals surface area contributed by atoms with E-state index in [-0.39, 0.29) is 0 Å². The number of nitrogens with one attached hydrogen (secondary N) is 1. The van der Waals surface area contributed by atoms with Gasteiger partial charge in [0.15, 0.2) is 0 Å². The highest BCUT2D eigenvalue weighted by molar-refractivity contribution is 4.76. The van der Waals surface area contributed by atoms with Crippen LogP contribution in [0.2, 0.25) is 0 Å². The summed E-state index contributed by atoms with van der Waals surface area (Å²) in [6.07, 6.45) is 6.69. The molecule has 2 heteroatoms. The van der Waals surface area contributed by atoms with Crippen LogP contribution in [0.3, 0.4) is 0 Å². The summed E-state index contributed by atoms with van der Waals surface area (Å²) >= 11 is 0. The first-order valence-corrected chi connectivity index (χ1v) is 7.22. The molecule has 0 amide bonds. The molecule has 1 N–H and O–H groups in total. The molecule has 0 spiro atoms. The monoisotopic (exact) mass is 226 g/mol. The van der Waals surface area contributed by atoms with Crippen LogP contribution in [0.15, 0.2) is 0 Å². The van der Waals surface area contributed by atoms with Gasteiger partial charge in [0, 0.05) is 19.1 Å². The van der Waals surface area contributed by atoms with Crippen molar-refractivity contribution in [1.29, 1.82) is 0 Å². The lowest BCUT2D eigenvalue weighted by Crippen LogP contribution is -2.44. The molecule has 1 aliphatic rings. The lowest BCUT2D eigenvalue weighted by molar-refractivity contribution is 0.164. The maximum Gasteiger partial charge on any atom is 0.0194 e. The van der Waals surface area contributed by atoms with Gasteiger partial charge in [0.2, 0.25) is 0 Å². The maximum atomic E-state index is 3.69. The summed E-state index contributed by atoms with van der Waals surface area (Å²) in [5, 5.41) is 3.69. The van der Waals surface area contributed by atoms with Crippen molar-refractivity contribution in [2.75, 3.05) is 26.2 Å². The third-order valence-electron chi connectivity index (χ3n) is 3.54. The Morgan fingerprint density at radius 3 is 2.75 bits per heavy atom. The average Bonchev–Trinajstić information content (AvgIpc) is 2.26. The average molecular weight is 226 g/mol. The van der Waals surface area contributed by atoms with E-state index in [1.54, 1.807) is 0 Å². The summed E-state index contributed by atoms with van der Waals surface area (Å²) in [6.45, 7) is 12.0. The fourth-order valence-corrected chi connectivity index (χ4v) is 2.72. The second kappa shape index (κ2) is 8.08. The van der Waals surface area contributed by atoms with Crippen molar-refractivity contribution in [3.8, 4) is 0 Å². The number of hydrogen-bond donors (Lipinski definition) is 1. The molecule has 1 saturated heterocycles. The van der Waals surface area contributed by atoms with E-state index in [2.05, 4.69) is 31.0 Å². The van der Waals surface area contributed by atoms with Crippen LogP contribution in [0.5, 0.6) is 0 Å². The highest BCUT2D eigenvalue weighted by Crippen LogP contribution is 2.16. The van der Waals surface area contributed by atoms with Crippen LogP contribution in [-0.2, 0) is 0 Å². The highest BCUT2D eigenvalue weighted by atomic mass is 15.2. The van der Waals surface area contributed by atoms with Gasteiger partial charge in [-0.3, -0.25) is 0 Å². The maximum absolute atomic E-state index is 3.69. The molecule has 0 radical (unpaired) electrons. The van der Waals surface area contributed by atoms with E-state index in [0.29, 0.717) is 0 Å². The fraction of sp³-hybridized carbons (Fsp3) is 1.00. The summed E-state index contributed by atoms with van der Waals surface area (Å²) in [5.41, 5.74) is 0. The number of piperidine rings is 1. The minimum Gasteiger partial charge on any atom is -0.313 e. The molecule has 1 fully saturated rings. The minimum atomic E-state index is 0.718. The zero-order valence-corrected chi connectivity index (χ0v) is 11.5. The number of nitrogens with zero attached hydrogens (tertiary/aromatic N) is 1. The van der Waals surface area contributed by atoms with Crippen LogP contribution in [-0.4, -0.2) is 37.1 Å². The predicted octanol–water partition coefficient (Wildman–Crippen LogP) is 2.89. The molecule has 2 nitrogen and oxygen atoms in total. The summed E-state index contributed by atoms with van der Waals surface area (Å²) in [4.78, 5) is 2.66. The Balaban J connectivity index is 2.28. The van der Waals surface area contributed by atoms with E-state index in [9.17, 15) is 0 Å². The molecule has 1 heterocycles. The summed E-state index contributed by atoms with van der Waals surface area (Å²) in [6, 6.07) is 0.718. The first-order valence-electron chi connectivity index (χ1n) is 7.22. The third kappa shape index (κ3) is 5.31. The minimum absolute atomic E-state index is 0.718. The van der Waals surface area contributed by atoms with Gasteiger partial charge in [0.25, 0.3) is 0 Å². The predicted molar refractivity (Wildman–Crippen MR) is 71.8 cm³/mol. The van der Waals surface area contributed by atoms with Crippen LogP contribution < -0.4 is 5.32 Å². The fourth-order valence-electron chi connectivity index (χ4n) is 2.72. The van der Waals surface area contributed by atoms with E-state index in [1.807, 2.05) is 0 Å². The molecule has 1 aliphatic heterocycles. The lowest BCUT2D eigenvalue weighted by atomic mass is 9.99. The van der Waals surface area contributed by atoms with E-state index < -0.39 is 0 Å². The number of rotatable bonds is 7. The molecule has 2 unspecified atom stereocenters. The van der Waals surface area contributed by atoms with Crippen LogP contribution in [0, 0.1) is 5.92 Å². The van der Waals surface area contributed by atoms with Crippen LogP contribution in [0.1, 0.15) is 52.9 Å². The SMILES string of the molecule is CCCNC(CCC)CN1CCCC(C)C1. The van der Waals surface area contributed by atoms with Gasteiger partial charge in [-0.15, -0.1) is 0 Å². The second-order valence-electron chi connectivity index (χ2n) is 5.45. The van der Waals surface area contributed by atoms with Crippen molar-refractivity contribution in [1.82, 2.24) is 10.2 Å². The Morgan fingerprint density at radius 1 is 1.31 bits per heavy atom. The molecular weight excluding hydrogens is 196 g/mol. The van der Waals surface area contributed by atoms with Crippen molar-refractivity contribution >= 4 is 0 Å². The molecule has 0 aromatic rings. The van der Waals surface area contributed by atoms with Crippen molar-refractivity contribution < 1.29 is 0 Å². The van der Waals surface area contributed by atoms with E-state index >= 15 is 0 Å². The van der Waals surface area contributed by atoms with Crippen molar-refractivity contribution in [3.05, 3.63) is 0 Å². The van der Waals surface area contributed by atoms with E-state index in [4.69, 9.17) is 0 Å². The van der Waals surface area contributed by atoms with Crippen LogP contribution in [0.4, 0.5) is 0 Å². The van der Waals surface area contributed by atoms with Crippen LogP contribution in [0.25, 0.3) is 0 Å². The molecular formula is C14H30N2. The van der Waals surface area contributed by atoms with Gasteiger partial charge in [-0.2, -0.15) is 0 Å². The van der Waals surface area contributed by atoms with E-state index in [1.165, 1.54) is 58.3 Å². The largest absolute Gasteiger partial charge is 0.313 e. The first-order chi connectivity index (χ1) is 7.76. The summed E-state index contributed by atoms with van der Waals surface area (Å²) in [5.74, 6) is 0.905. The van der Waals surface area contributed by atoms with Gasteiger partial charge in [0.1, 0.15) is 0 Å². The Labute approximate surface area is 102 Å². The van der Waals surface area contributed by atoms with Gasteiger partial charge in [0.05, 0.1) is 0 Å².